The second-order valence-electron chi connectivity index (χ2n) is 3.08. The van der Waals surface area contributed by atoms with E-state index in [0.717, 1.165) is 10.0 Å². The maximum Gasteiger partial charge on any atom is 0.169 e. The molecule has 1 aromatic carbocycles. The van der Waals surface area contributed by atoms with E-state index < -0.39 is 0 Å². The summed E-state index contributed by atoms with van der Waals surface area (Å²) in [4.78, 5) is 0. The lowest BCUT2D eigenvalue weighted by Gasteiger charge is -2.02. The van der Waals surface area contributed by atoms with Gasteiger partial charge in [-0.25, -0.2) is 0 Å². The molecule has 0 aliphatic rings. The summed E-state index contributed by atoms with van der Waals surface area (Å²) < 4.78 is 1.02. The van der Waals surface area contributed by atoms with E-state index >= 15 is 0 Å². The predicted octanol–water partition coefficient (Wildman–Crippen LogP) is 2.07. The Morgan fingerprint density at radius 2 is 1.67 bits per heavy atom. The number of nitrogen functional groups attached to an aromatic ring is 2. The van der Waals surface area contributed by atoms with Crippen LogP contribution in [0.25, 0.3) is 11.3 Å². The summed E-state index contributed by atoms with van der Waals surface area (Å²) in [7, 11) is 0. The minimum Gasteiger partial charge on any atom is -0.396 e. The van der Waals surface area contributed by atoms with Gasteiger partial charge in [-0.1, -0.05) is 28.1 Å². The van der Waals surface area contributed by atoms with E-state index in [1.54, 1.807) is 6.07 Å². The molecule has 5 heteroatoms. The van der Waals surface area contributed by atoms with Crippen LogP contribution in [0, 0.1) is 0 Å². The molecule has 0 saturated heterocycles. The van der Waals surface area contributed by atoms with Gasteiger partial charge in [-0.15, -0.1) is 10.2 Å². The van der Waals surface area contributed by atoms with Gasteiger partial charge >= 0.3 is 0 Å². The van der Waals surface area contributed by atoms with Gasteiger partial charge in [0.15, 0.2) is 5.82 Å². The Bertz CT molecular complexity index is 481. The highest BCUT2D eigenvalue weighted by Crippen LogP contribution is 2.22. The summed E-state index contributed by atoms with van der Waals surface area (Å²) in [5.74, 6) is 0.260. The summed E-state index contributed by atoms with van der Waals surface area (Å²) in [6.07, 6.45) is 0. The van der Waals surface area contributed by atoms with E-state index in [0.29, 0.717) is 11.4 Å². The SMILES string of the molecule is Nc1cc(-c2ccc(Br)cc2)nnc1N. The number of aromatic nitrogens is 2. The van der Waals surface area contributed by atoms with Crippen LogP contribution in [0.1, 0.15) is 0 Å². The van der Waals surface area contributed by atoms with E-state index in [1.165, 1.54) is 0 Å². The monoisotopic (exact) mass is 264 g/mol. The number of nitrogens with two attached hydrogens (primary N) is 2. The van der Waals surface area contributed by atoms with Crippen LogP contribution in [0.15, 0.2) is 34.8 Å². The number of halogens is 1. The molecule has 0 fully saturated rings. The van der Waals surface area contributed by atoms with Crippen LogP contribution >= 0.6 is 15.9 Å². The molecule has 0 saturated carbocycles. The molecule has 1 aromatic heterocycles. The summed E-state index contributed by atoms with van der Waals surface area (Å²) in [5.41, 5.74) is 13.3. The van der Waals surface area contributed by atoms with Gasteiger partial charge in [0, 0.05) is 10.0 Å². The van der Waals surface area contributed by atoms with Gasteiger partial charge in [0.1, 0.15) is 0 Å². The molecule has 2 rings (SSSR count). The Balaban J connectivity index is 2.45. The fourth-order valence-corrected chi connectivity index (χ4v) is 1.44. The van der Waals surface area contributed by atoms with E-state index in [4.69, 9.17) is 11.5 Å². The van der Waals surface area contributed by atoms with Crippen LogP contribution in [0.2, 0.25) is 0 Å². The van der Waals surface area contributed by atoms with Crippen molar-refractivity contribution in [3.05, 3.63) is 34.8 Å². The van der Waals surface area contributed by atoms with Crippen LogP contribution in [-0.2, 0) is 0 Å². The Kier molecular flexibility index (Phi) is 2.55. The van der Waals surface area contributed by atoms with Gasteiger partial charge in [0.2, 0.25) is 0 Å². The molecule has 0 atom stereocenters. The van der Waals surface area contributed by atoms with Gasteiger partial charge in [-0.3, -0.25) is 0 Å². The number of benzene rings is 1. The van der Waals surface area contributed by atoms with Crippen molar-refractivity contribution < 1.29 is 0 Å². The van der Waals surface area contributed by atoms with Gasteiger partial charge in [0.25, 0.3) is 0 Å². The Hall–Kier alpha value is -1.62. The standard InChI is InChI=1S/C10H9BrN4/c11-7-3-1-6(2-4-7)9-5-8(12)10(13)15-14-9/h1-5H,(H2,12,14)(H2,13,15). The summed E-state index contributed by atoms with van der Waals surface area (Å²) >= 11 is 3.36. The molecular formula is C10H9BrN4. The van der Waals surface area contributed by atoms with Gasteiger partial charge in [0.05, 0.1) is 11.4 Å². The van der Waals surface area contributed by atoms with E-state index in [1.807, 2.05) is 24.3 Å². The normalized spacial score (nSPS) is 10.2. The molecular weight excluding hydrogens is 256 g/mol. The van der Waals surface area contributed by atoms with Crippen LogP contribution in [-0.4, -0.2) is 10.2 Å². The van der Waals surface area contributed by atoms with Crippen molar-refractivity contribution in [1.82, 2.24) is 10.2 Å². The largest absolute Gasteiger partial charge is 0.396 e. The highest BCUT2D eigenvalue weighted by molar-refractivity contribution is 9.10. The van der Waals surface area contributed by atoms with E-state index in [9.17, 15) is 0 Å². The zero-order valence-electron chi connectivity index (χ0n) is 7.81. The fourth-order valence-electron chi connectivity index (χ4n) is 1.18. The number of hydrogen-bond acceptors (Lipinski definition) is 4. The lowest BCUT2D eigenvalue weighted by atomic mass is 10.1. The van der Waals surface area contributed by atoms with Crippen molar-refractivity contribution in [3.63, 3.8) is 0 Å². The number of nitrogens with zero attached hydrogens (tertiary/aromatic N) is 2. The molecule has 15 heavy (non-hydrogen) atoms. The van der Waals surface area contributed by atoms with Crippen molar-refractivity contribution in [2.45, 2.75) is 0 Å². The minimum atomic E-state index is 0.260. The third kappa shape index (κ3) is 2.07. The first-order valence-electron chi connectivity index (χ1n) is 4.31. The molecule has 2 aromatic rings. The maximum atomic E-state index is 5.65. The van der Waals surface area contributed by atoms with Gasteiger partial charge < -0.3 is 11.5 Å². The van der Waals surface area contributed by atoms with Crippen molar-refractivity contribution in [1.29, 1.82) is 0 Å². The maximum absolute atomic E-state index is 5.65. The van der Waals surface area contributed by atoms with Crippen molar-refractivity contribution in [3.8, 4) is 11.3 Å². The van der Waals surface area contributed by atoms with Crippen molar-refractivity contribution in [2.24, 2.45) is 0 Å². The Morgan fingerprint density at radius 1 is 1.00 bits per heavy atom. The zero-order chi connectivity index (χ0) is 10.8. The number of anilines is 2. The average molecular weight is 265 g/mol. The smallest absolute Gasteiger partial charge is 0.169 e. The number of rotatable bonds is 1. The molecule has 0 unspecified atom stereocenters. The van der Waals surface area contributed by atoms with E-state index in [-0.39, 0.29) is 5.82 Å². The summed E-state index contributed by atoms with van der Waals surface area (Å²) in [6, 6.07) is 9.45. The lowest BCUT2D eigenvalue weighted by Crippen LogP contribution is -2.00. The predicted molar refractivity (Wildman–Crippen MR) is 64.0 cm³/mol. The van der Waals surface area contributed by atoms with Crippen molar-refractivity contribution >= 4 is 27.4 Å². The first-order valence-corrected chi connectivity index (χ1v) is 5.11. The fraction of sp³-hybridized carbons (Fsp3) is 0. The second kappa shape index (κ2) is 3.86. The highest BCUT2D eigenvalue weighted by Gasteiger charge is 2.03. The third-order valence-electron chi connectivity index (χ3n) is 1.99. The molecule has 76 valence electrons. The molecule has 0 spiro atoms. The molecule has 0 amide bonds. The van der Waals surface area contributed by atoms with Crippen LogP contribution in [0.4, 0.5) is 11.5 Å². The molecule has 0 aliphatic carbocycles. The molecule has 0 aliphatic heterocycles. The van der Waals surface area contributed by atoms with Gasteiger partial charge in [-0.2, -0.15) is 0 Å². The second-order valence-corrected chi connectivity index (χ2v) is 3.99. The average Bonchev–Trinajstić information content (AvgIpc) is 2.23. The molecule has 0 bridgehead atoms. The molecule has 4 N–H and O–H groups in total. The first-order chi connectivity index (χ1) is 7.16. The Morgan fingerprint density at radius 3 is 2.27 bits per heavy atom. The molecule has 1 heterocycles. The quantitative estimate of drug-likeness (QED) is 0.827. The topological polar surface area (TPSA) is 77.8 Å². The minimum absolute atomic E-state index is 0.260. The first kappa shape index (κ1) is 9.92. The lowest BCUT2D eigenvalue weighted by molar-refractivity contribution is 1.05. The summed E-state index contributed by atoms with van der Waals surface area (Å²) in [5, 5.41) is 7.74. The zero-order valence-corrected chi connectivity index (χ0v) is 9.40. The molecule has 4 nitrogen and oxygen atoms in total. The number of hydrogen-bond donors (Lipinski definition) is 2. The van der Waals surface area contributed by atoms with Gasteiger partial charge in [-0.05, 0) is 18.2 Å². The Labute approximate surface area is 95.4 Å². The van der Waals surface area contributed by atoms with Crippen LogP contribution in [0.3, 0.4) is 0 Å². The third-order valence-corrected chi connectivity index (χ3v) is 2.52. The molecule has 0 radical (unpaired) electrons. The highest BCUT2D eigenvalue weighted by atomic mass is 79.9. The summed E-state index contributed by atoms with van der Waals surface area (Å²) in [6.45, 7) is 0. The van der Waals surface area contributed by atoms with Crippen LogP contribution < -0.4 is 11.5 Å². The van der Waals surface area contributed by atoms with Crippen LogP contribution in [0.5, 0.6) is 0 Å². The van der Waals surface area contributed by atoms with E-state index in [2.05, 4.69) is 26.1 Å². The van der Waals surface area contributed by atoms with Crippen molar-refractivity contribution in [2.75, 3.05) is 11.5 Å².